The van der Waals surface area contributed by atoms with E-state index in [9.17, 15) is 18.0 Å². The van der Waals surface area contributed by atoms with E-state index in [1.165, 1.54) is 0 Å². The number of alkyl halides is 3. The second kappa shape index (κ2) is 9.01. The molecule has 1 aromatic heterocycles. The van der Waals surface area contributed by atoms with Gasteiger partial charge in [-0.05, 0) is 39.0 Å². The van der Waals surface area contributed by atoms with E-state index < -0.39 is 12.6 Å². The standard InChI is InChI=1S/C17H24F3N3O2/c1-2-25-16(24)13-6-9-23(10-7-13)15-12-21-11-14(22-15)5-3-4-8-17(18,19)20/h11-13H,2-10H2,1H3. The Morgan fingerprint density at radius 1 is 1.28 bits per heavy atom. The van der Waals surface area contributed by atoms with Crippen molar-refractivity contribution in [1.82, 2.24) is 9.97 Å². The topological polar surface area (TPSA) is 55.3 Å². The molecule has 1 fully saturated rings. The Kier molecular flexibility index (Phi) is 7.01. The maximum Gasteiger partial charge on any atom is 0.389 e. The van der Waals surface area contributed by atoms with Crippen LogP contribution in [0.3, 0.4) is 0 Å². The molecule has 2 heterocycles. The summed E-state index contributed by atoms with van der Waals surface area (Å²) in [6.07, 6.45) is 0.816. The monoisotopic (exact) mass is 359 g/mol. The van der Waals surface area contributed by atoms with Gasteiger partial charge in [0.2, 0.25) is 0 Å². The number of ether oxygens (including phenoxy) is 1. The van der Waals surface area contributed by atoms with Gasteiger partial charge >= 0.3 is 12.1 Å². The van der Waals surface area contributed by atoms with Crippen molar-refractivity contribution in [2.75, 3.05) is 24.6 Å². The molecular weight excluding hydrogens is 335 g/mol. The van der Waals surface area contributed by atoms with E-state index in [0.717, 1.165) is 5.82 Å². The zero-order valence-electron chi connectivity index (χ0n) is 14.4. The first-order valence-electron chi connectivity index (χ1n) is 8.68. The number of halogens is 3. The lowest BCUT2D eigenvalue weighted by Crippen LogP contribution is -2.37. The normalized spacial score (nSPS) is 16.1. The SMILES string of the molecule is CCOC(=O)C1CCN(c2cncc(CCCCC(F)(F)F)n2)CC1. The van der Waals surface area contributed by atoms with E-state index in [-0.39, 0.29) is 18.3 Å². The zero-order valence-corrected chi connectivity index (χ0v) is 14.4. The smallest absolute Gasteiger partial charge is 0.389 e. The average Bonchev–Trinajstić information content (AvgIpc) is 2.59. The molecule has 25 heavy (non-hydrogen) atoms. The lowest BCUT2D eigenvalue weighted by molar-refractivity contribution is -0.148. The molecule has 0 atom stereocenters. The number of anilines is 1. The molecule has 0 amide bonds. The highest BCUT2D eigenvalue weighted by Gasteiger charge is 2.27. The lowest BCUT2D eigenvalue weighted by atomic mass is 9.97. The molecule has 1 saturated heterocycles. The molecule has 1 aliphatic heterocycles. The molecule has 0 aliphatic carbocycles. The van der Waals surface area contributed by atoms with Crippen LogP contribution in [-0.4, -0.2) is 41.8 Å². The van der Waals surface area contributed by atoms with Crippen LogP contribution >= 0.6 is 0 Å². The minimum atomic E-state index is -4.10. The van der Waals surface area contributed by atoms with E-state index >= 15 is 0 Å². The molecule has 1 aliphatic rings. The summed E-state index contributed by atoms with van der Waals surface area (Å²) >= 11 is 0. The fourth-order valence-electron chi connectivity index (χ4n) is 2.90. The molecule has 0 bridgehead atoms. The van der Waals surface area contributed by atoms with Crippen molar-refractivity contribution in [1.29, 1.82) is 0 Å². The van der Waals surface area contributed by atoms with Gasteiger partial charge in [0.15, 0.2) is 0 Å². The summed E-state index contributed by atoms with van der Waals surface area (Å²) in [4.78, 5) is 22.5. The second-order valence-corrected chi connectivity index (χ2v) is 6.20. The zero-order chi connectivity index (χ0) is 18.3. The maximum atomic E-state index is 12.2. The van der Waals surface area contributed by atoms with E-state index in [1.807, 2.05) is 0 Å². The first-order valence-corrected chi connectivity index (χ1v) is 8.68. The minimum absolute atomic E-state index is 0.0743. The van der Waals surface area contributed by atoms with Crippen LogP contribution in [0, 0.1) is 5.92 Å². The Morgan fingerprint density at radius 2 is 2.00 bits per heavy atom. The van der Waals surface area contributed by atoms with E-state index in [0.29, 0.717) is 51.1 Å². The van der Waals surface area contributed by atoms with E-state index in [4.69, 9.17) is 4.74 Å². The van der Waals surface area contributed by atoms with Crippen LogP contribution in [0.15, 0.2) is 12.4 Å². The summed E-state index contributed by atoms with van der Waals surface area (Å²) in [5.74, 6) is 0.497. The molecule has 0 radical (unpaired) electrons. The number of carbonyl (C=O) groups excluding carboxylic acids is 1. The predicted octanol–water partition coefficient (Wildman–Crippen LogP) is 3.53. The molecule has 8 heteroatoms. The number of carbonyl (C=O) groups is 1. The maximum absolute atomic E-state index is 12.2. The summed E-state index contributed by atoms with van der Waals surface area (Å²) < 4.78 is 41.5. The van der Waals surface area contributed by atoms with Crippen LogP contribution in [0.25, 0.3) is 0 Å². The van der Waals surface area contributed by atoms with Gasteiger partial charge in [-0.1, -0.05) is 0 Å². The number of unbranched alkanes of at least 4 members (excludes halogenated alkanes) is 1. The van der Waals surface area contributed by atoms with Gasteiger partial charge in [0.25, 0.3) is 0 Å². The third-order valence-electron chi connectivity index (χ3n) is 4.25. The van der Waals surface area contributed by atoms with Crippen LogP contribution in [0.5, 0.6) is 0 Å². The fraction of sp³-hybridized carbons (Fsp3) is 0.706. The fourth-order valence-corrected chi connectivity index (χ4v) is 2.90. The Morgan fingerprint density at radius 3 is 2.64 bits per heavy atom. The molecule has 0 aromatic carbocycles. The van der Waals surface area contributed by atoms with Crippen LogP contribution in [-0.2, 0) is 16.0 Å². The highest BCUT2D eigenvalue weighted by Crippen LogP contribution is 2.24. The number of hydrogen-bond acceptors (Lipinski definition) is 5. The molecule has 0 N–H and O–H groups in total. The van der Waals surface area contributed by atoms with Crippen molar-refractivity contribution >= 4 is 11.8 Å². The number of nitrogens with zero attached hydrogens (tertiary/aromatic N) is 3. The van der Waals surface area contributed by atoms with Gasteiger partial charge in [-0.3, -0.25) is 9.78 Å². The number of piperidine rings is 1. The highest BCUT2D eigenvalue weighted by molar-refractivity contribution is 5.72. The molecule has 1 aromatic rings. The number of aryl methyl sites for hydroxylation is 1. The summed E-state index contributed by atoms with van der Waals surface area (Å²) in [7, 11) is 0. The molecule has 2 rings (SSSR count). The van der Waals surface area contributed by atoms with Crippen molar-refractivity contribution in [3.8, 4) is 0 Å². The molecule has 0 spiro atoms. The van der Waals surface area contributed by atoms with Crippen LogP contribution in [0.2, 0.25) is 0 Å². The van der Waals surface area contributed by atoms with Crippen molar-refractivity contribution in [3.05, 3.63) is 18.1 Å². The summed E-state index contributed by atoms with van der Waals surface area (Å²) in [5, 5.41) is 0. The molecule has 140 valence electrons. The van der Waals surface area contributed by atoms with E-state index in [1.54, 1.807) is 19.3 Å². The predicted molar refractivity (Wildman–Crippen MR) is 87.2 cm³/mol. The molecule has 5 nitrogen and oxygen atoms in total. The Hall–Kier alpha value is -1.86. The van der Waals surface area contributed by atoms with Crippen molar-refractivity contribution in [3.63, 3.8) is 0 Å². The number of aromatic nitrogens is 2. The Labute approximate surface area is 145 Å². The molecular formula is C17H24F3N3O2. The summed E-state index contributed by atoms with van der Waals surface area (Å²) in [6.45, 7) is 3.56. The van der Waals surface area contributed by atoms with Gasteiger partial charge in [-0.2, -0.15) is 13.2 Å². The summed E-state index contributed by atoms with van der Waals surface area (Å²) in [5.41, 5.74) is 0.701. The van der Waals surface area contributed by atoms with Crippen molar-refractivity contribution < 1.29 is 22.7 Å². The van der Waals surface area contributed by atoms with Gasteiger partial charge in [0.05, 0.1) is 24.4 Å². The van der Waals surface area contributed by atoms with Crippen molar-refractivity contribution in [2.24, 2.45) is 5.92 Å². The number of hydrogen-bond donors (Lipinski definition) is 0. The first-order chi connectivity index (χ1) is 11.9. The largest absolute Gasteiger partial charge is 0.466 e. The van der Waals surface area contributed by atoms with E-state index in [2.05, 4.69) is 14.9 Å². The average molecular weight is 359 g/mol. The van der Waals surface area contributed by atoms with Gasteiger partial charge in [0, 0.05) is 25.7 Å². The summed E-state index contributed by atoms with van der Waals surface area (Å²) in [6, 6.07) is 0. The number of esters is 1. The van der Waals surface area contributed by atoms with Crippen LogP contribution in [0.1, 0.15) is 44.7 Å². The third-order valence-corrected chi connectivity index (χ3v) is 4.25. The van der Waals surface area contributed by atoms with Gasteiger partial charge in [-0.15, -0.1) is 0 Å². The highest BCUT2D eigenvalue weighted by atomic mass is 19.4. The Bertz CT molecular complexity index is 558. The van der Waals surface area contributed by atoms with Crippen LogP contribution in [0.4, 0.5) is 19.0 Å². The first kappa shape index (κ1) is 19.5. The quantitative estimate of drug-likeness (QED) is 0.551. The molecule has 0 unspecified atom stereocenters. The molecule has 0 saturated carbocycles. The van der Waals surface area contributed by atoms with Crippen LogP contribution < -0.4 is 4.90 Å². The number of rotatable bonds is 7. The van der Waals surface area contributed by atoms with Crippen molar-refractivity contribution in [2.45, 2.75) is 51.6 Å². The second-order valence-electron chi connectivity index (χ2n) is 6.20. The third kappa shape index (κ3) is 6.51. The Balaban J connectivity index is 1.82. The minimum Gasteiger partial charge on any atom is -0.466 e. The van der Waals surface area contributed by atoms with Gasteiger partial charge < -0.3 is 9.64 Å². The van der Waals surface area contributed by atoms with Gasteiger partial charge in [0.1, 0.15) is 5.82 Å². The van der Waals surface area contributed by atoms with Gasteiger partial charge in [-0.25, -0.2) is 4.98 Å². The lowest BCUT2D eigenvalue weighted by Gasteiger charge is -2.31.